The topological polar surface area (TPSA) is 12.9 Å². The van der Waals surface area contributed by atoms with E-state index in [9.17, 15) is 0 Å². The fourth-order valence-corrected chi connectivity index (χ4v) is 2.79. The highest BCUT2D eigenvalue weighted by atomic mass is 32.2. The van der Waals surface area contributed by atoms with Crippen molar-refractivity contribution in [1.29, 1.82) is 0 Å². The number of fused-ring (bicyclic) bond motifs is 1. The highest BCUT2D eigenvalue weighted by Gasteiger charge is 1.98. The minimum absolute atomic E-state index is 1.01. The molecule has 0 saturated carbocycles. The van der Waals surface area contributed by atoms with Crippen molar-refractivity contribution in [2.45, 2.75) is 10.6 Å². The van der Waals surface area contributed by atoms with E-state index in [2.05, 4.69) is 59.6 Å². The molecule has 2 heteroatoms. The molecule has 88 valence electrons. The lowest BCUT2D eigenvalue weighted by molar-refractivity contribution is 1.35. The second-order valence-electron chi connectivity index (χ2n) is 4.16. The van der Waals surface area contributed by atoms with E-state index in [1.54, 1.807) is 0 Å². The van der Waals surface area contributed by atoms with Crippen LogP contribution < -0.4 is 0 Å². The lowest BCUT2D eigenvalue weighted by atomic mass is 10.2. The predicted octanol–water partition coefficient (Wildman–Crippen LogP) is 4.53. The number of hydrogen-bond donors (Lipinski definition) is 0. The molecule has 0 aliphatic rings. The Hall–Kier alpha value is -1.80. The van der Waals surface area contributed by atoms with Crippen LogP contribution in [0.1, 0.15) is 5.56 Å². The van der Waals surface area contributed by atoms with Crippen LogP contribution in [0.2, 0.25) is 0 Å². The van der Waals surface area contributed by atoms with E-state index in [0.717, 1.165) is 5.75 Å². The Labute approximate surface area is 111 Å². The van der Waals surface area contributed by atoms with E-state index in [1.807, 2.05) is 24.2 Å². The summed E-state index contributed by atoms with van der Waals surface area (Å²) >= 11 is 1.87. The molecule has 0 N–H and O–H groups in total. The average molecular weight is 251 g/mol. The minimum atomic E-state index is 1.01. The summed E-state index contributed by atoms with van der Waals surface area (Å²) in [6.07, 6.45) is 3.74. The molecular weight excluding hydrogens is 238 g/mol. The van der Waals surface area contributed by atoms with Gasteiger partial charge in [0.25, 0.3) is 0 Å². The molecule has 0 radical (unpaired) electrons. The van der Waals surface area contributed by atoms with Crippen molar-refractivity contribution < 1.29 is 0 Å². The zero-order chi connectivity index (χ0) is 12.2. The van der Waals surface area contributed by atoms with Gasteiger partial charge in [0.1, 0.15) is 0 Å². The number of nitrogens with zero attached hydrogens (tertiary/aromatic N) is 1. The van der Waals surface area contributed by atoms with Gasteiger partial charge < -0.3 is 0 Å². The number of thioether (sulfide) groups is 1. The number of aromatic nitrogens is 1. The van der Waals surface area contributed by atoms with Gasteiger partial charge in [-0.3, -0.25) is 4.98 Å². The first-order chi connectivity index (χ1) is 8.92. The van der Waals surface area contributed by atoms with Crippen LogP contribution in [0.4, 0.5) is 0 Å². The second kappa shape index (κ2) is 5.23. The number of pyridine rings is 1. The van der Waals surface area contributed by atoms with Crippen LogP contribution in [0.25, 0.3) is 10.8 Å². The van der Waals surface area contributed by atoms with Crippen LogP contribution in [0.5, 0.6) is 0 Å². The molecule has 0 saturated heterocycles. The molecule has 1 nitrogen and oxygen atoms in total. The normalized spacial score (nSPS) is 10.7. The molecule has 2 aromatic carbocycles. The SMILES string of the molecule is c1ccc(CSc2ccc3cnccc3c2)cc1. The molecule has 1 heterocycles. The molecule has 18 heavy (non-hydrogen) atoms. The standard InChI is InChI=1S/C16H13NS/c1-2-4-13(5-3-1)12-18-16-7-6-15-11-17-9-8-14(15)10-16/h1-11H,12H2. The maximum atomic E-state index is 4.13. The van der Waals surface area contributed by atoms with Crippen molar-refractivity contribution >= 4 is 22.5 Å². The summed E-state index contributed by atoms with van der Waals surface area (Å²) in [6, 6.07) is 19.1. The minimum Gasteiger partial charge on any atom is -0.264 e. The van der Waals surface area contributed by atoms with Crippen LogP contribution >= 0.6 is 11.8 Å². The van der Waals surface area contributed by atoms with Crippen LogP contribution in [0.15, 0.2) is 71.9 Å². The summed E-state index contributed by atoms with van der Waals surface area (Å²) in [4.78, 5) is 5.43. The molecule has 0 atom stereocenters. The van der Waals surface area contributed by atoms with Gasteiger partial charge in [-0.15, -0.1) is 11.8 Å². The first kappa shape index (κ1) is 11.3. The summed E-state index contributed by atoms with van der Waals surface area (Å²) < 4.78 is 0. The van der Waals surface area contributed by atoms with Crippen molar-refractivity contribution in [3.63, 3.8) is 0 Å². The fourth-order valence-electron chi connectivity index (χ4n) is 1.89. The lowest BCUT2D eigenvalue weighted by Crippen LogP contribution is -1.80. The van der Waals surface area contributed by atoms with Gasteiger partial charge in [-0.05, 0) is 29.1 Å². The molecule has 0 bridgehead atoms. The van der Waals surface area contributed by atoms with Crippen molar-refractivity contribution in [3.8, 4) is 0 Å². The highest BCUT2D eigenvalue weighted by molar-refractivity contribution is 7.98. The second-order valence-corrected chi connectivity index (χ2v) is 5.21. The molecule has 3 aromatic rings. The Morgan fingerprint density at radius 1 is 0.889 bits per heavy atom. The smallest absolute Gasteiger partial charge is 0.0346 e. The van der Waals surface area contributed by atoms with Crippen LogP contribution in [-0.4, -0.2) is 4.98 Å². The Bertz CT molecular complexity index is 649. The molecule has 0 aliphatic carbocycles. The van der Waals surface area contributed by atoms with Crippen molar-refractivity contribution in [1.82, 2.24) is 4.98 Å². The van der Waals surface area contributed by atoms with Gasteiger partial charge in [0, 0.05) is 28.4 Å². The Morgan fingerprint density at radius 2 is 1.78 bits per heavy atom. The van der Waals surface area contributed by atoms with Gasteiger partial charge in [-0.2, -0.15) is 0 Å². The summed E-state index contributed by atoms with van der Waals surface area (Å²) in [5.74, 6) is 1.01. The Balaban J connectivity index is 1.79. The molecule has 1 aromatic heterocycles. The van der Waals surface area contributed by atoms with Gasteiger partial charge in [0.05, 0.1) is 0 Å². The fraction of sp³-hybridized carbons (Fsp3) is 0.0625. The van der Waals surface area contributed by atoms with E-state index >= 15 is 0 Å². The maximum absolute atomic E-state index is 4.13. The quantitative estimate of drug-likeness (QED) is 0.634. The van der Waals surface area contributed by atoms with E-state index < -0.39 is 0 Å². The monoisotopic (exact) mass is 251 g/mol. The molecule has 0 aliphatic heterocycles. The van der Waals surface area contributed by atoms with E-state index in [-0.39, 0.29) is 0 Å². The maximum Gasteiger partial charge on any atom is 0.0346 e. The molecule has 0 amide bonds. The van der Waals surface area contributed by atoms with Crippen LogP contribution in [-0.2, 0) is 5.75 Å². The molecule has 3 rings (SSSR count). The molecule has 0 fully saturated rings. The van der Waals surface area contributed by atoms with Crippen LogP contribution in [0.3, 0.4) is 0 Å². The van der Waals surface area contributed by atoms with Crippen molar-refractivity contribution in [2.75, 3.05) is 0 Å². The average Bonchev–Trinajstić information content (AvgIpc) is 2.46. The lowest BCUT2D eigenvalue weighted by Gasteiger charge is -2.03. The Morgan fingerprint density at radius 3 is 2.67 bits per heavy atom. The third-order valence-electron chi connectivity index (χ3n) is 2.86. The summed E-state index contributed by atoms with van der Waals surface area (Å²) in [6.45, 7) is 0. The van der Waals surface area contributed by atoms with E-state index in [1.165, 1.54) is 21.2 Å². The van der Waals surface area contributed by atoms with Gasteiger partial charge in [0.2, 0.25) is 0 Å². The summed E-state index contributed by atoms with van der Waals surface area (Å²) in [5, 5.41) is 2.45. The van der Waals surface area contributed by atoms with Gasteiger partial charge in [-0.1, -0.05) is 36.4 Å². The van der Waals surface area contributed by atoms with Gasteiger partial charge >= 0.3 is 0 Å². The van der Waals surface area contributed by atoms with Crippen LogP contribution in [0, 0.1) is 0 Å². The molecule has 0 unspecified atom stereocenters. The zero-order valence-electron chi connectivity index (χ0n) is 9.91. The molecular formula is C16H13NS. The van der Waals surface area contributed by atoms with E-state index in [4.69, 9.17) is 0 Å². The summed E-state index contributed by atoms with van der Waals surface area (Å²) in [5.41, 5.74) is 1.36. The third-order valence-corrected chi connectivity index (χ3v) is 3.93. The third kappa shape index (κ3) is 2.54. The first-order valence-electron chi connectivity index (χ1n) is 5.92. The number of rotatable bonds is 3. The van der Waals surface area contributed by atoms with Crippen molar-refractivity contribution in [2.24, 2.45) is 0 Å². The Kier molecular flexibility index (Phi) is 3.29. The predicted molar refractivity (Wildman–Crippen MR) is 77.7 cm³/mol. The van der Waals surface area contributed by atoms with Crippen molar-refractivity contribution in [3.05, 3.63) is 72.6 Å². The van der Waals surface area contributed by atoms with E-state index in [0.29, 0.717) is 0 Å². The first-order valence-corrected chi connectivity index (χ1v) is 6.91. The zero-order valence-corrected chi connectivity index (χ0v) is 10.7. The largest absolute Gasteiger partial charge is 0.264 e. The number of benzene rings is 2. The van der Waals surface area contributed by atoms with Gasteiger partial charge in [0.15, 0.2) is 0 Å². The molecule has 0 spiro atoms. The highest BCUT2D eigenvalue weighted by Crippen LogP contribution is 2.25. The van der Waals surface area contributed by atoms with Gasteiger partial charge in [-0.25, -0.2) is 0 Å². The number of hydrogen-bond acceptors (Lipinski definition) is 2. The summed E-state index contributed by atoms with van der Waals surface area (Å²) in [7, 11) is 0.